The summed E-state index contributed by atoms with van der Waals surface area (Å²) in [5, 5.41) is 0. The van der Waals surface area contributed by atoms with Crippen LogP contribution < -0.4 is 0 Å². The molecular weight excluding hydrogens is 351 g/mol. The average molecular weight is 403 g/mol. The van der Waals surface area contributed by atoms with Crippen LogP contribution in [0.4, 0.5) is 0 Å². The fourth-order valence-electron chi connectivity index (χ4n) is 3.80. The molecule has 0 aliphatic heterocycles. The van der Waals surface area contributed by atoms with Crippen molar-refractivity contribution in [1.29, 1.82) is 0 Å². The summed E-state index contributed by atoms with van der Waals surface area (Å²) in [6.45, 7) is 4.50. The first-order valence-corrected chi connectivity index (χ1v) is 14.5. The SMILES string of the molecule is CCCCCCCCCCCCCCCCP(=O)(O)CCCCCCCC. The van der Waals surface area contributed by atoms with Gasteiger partial charge in [0.15, 0.2) is 0 Å². The van der Waals surface area contributed by atoms with Gasteiger partial charge in [-0.3, -0.25) is 4.57 Å². The van der Waals surface area contributed by atoms with Crippen LogP contribution in [0.25, 0.3) is 0 Å². The molecule has 0 radical (unpaired) electrons. The van der Waals surface area contributed by atoms with Crippen molar-refractivity contribution in [2.45, 2.75) is 142 Å². The minimum Gasteiger partial charge on any atom is -0.344 e. The summed E-state index contributed by atoms with van der Waals surface area (Å²) in [4.78, 5) is 10.1. The molecule has 0 aromatic rings. The van der Waals surface area contributed by atoms with E-state index < -0.39 is 7.37 Å². The minimum atomic E-state index is -2.83. The van der Waals surface area contributed by atoms with Crippen LogP contribution in [0.1, 0.15) is 142 Å². The van der Waals surface area contributed by atoms with E-state index in [9.17, 15) is 9.46 Å². The third-order valence-electron chi connectivity index (χ3n) is 5.72. The molecule has 2 nitrogen and oxygen atoms in total. The van der Waals surface area contributed by atoms with E-state index in [1.807, 2.05) is 0 Å². The summed E-state index contributed by atoms with van der Waals surface area (Å²) in [5.41, 5.74) is 0. The number of hydrogen-bond acceptors (Lipinski definition) is 1. The quantitative estimate of drug-likeness (QED) is 0.145. The Morgan fingerprint density at radius 3 is 0.926 bits per heavy atom. The van der Waals surface area contributed by atoms with Crippen molar-refractivity contribution in [1.82, 2.24) is 0 Å². The molecule has 0 aromatic heterocycles. The Hall–Kier alpha value is 0.190. The highest BCUT2D eigenvalue weighted by Gasteiger charge is 2.16. The van der Waals surface area contributed by atoms with Crippen LogP contribution in [0, 0.1) is 0 Å². The van der Waals surface area contributed by atoms with Gasteiger partial charge in [0.1, 0.15) is 0 Å². The topological polar surface area (TPSA) is 37.3 Å². The lowest BCUT2D eigenvalue weighted by Gasteiger charge is -2.11. The van der Waals surface area contributed by atoms with Crippen molar-refractivity contribution in [2.24, 2.45) is 0 Å². The van der Waals surface area contributed by atoms with Crippen LogP contribution in [0.15, 0.2) is 0 Å². The summed E-state index contributed by atoms with van der Waals surface area (Å²) >= 11 is 0. The van der Waals surface area contributed by atoms with Gasteiger partial charge in [0, 0.05) is 12.3 Å². The van der Waals surface area contributed by atoms with E-state index in [0.29, 0.717) is 12.3 Å². The van der Waals surface area contributed by atoms with Crippen LogP contribution in [0.3, 0.4) is 0 Å². The second-order valence-corrected chi connectivity index (χ2v) is 11.2. The van der Waals surface area contributed by atoms with Crippen molar-refractivity contribution < 1.29 is 9.46 Å². The molecule has 0 aliphatic rings. The third kappa shape index (κ3) is 22.3. The summed E-state index contributed by atoms with van der Waals surface area (Å²) < 4.78 is 12.2. The van der Waals surface area contributed by atoms with Crippen molar-refractivity contribution in [3.05, 3.63) is 0 Å². The molecule has 1 unspecified atom stereocenters. The molecule has 0 aliphatic carbocycles. The van der Waals surface area contributed by atoms with E-state index in [1.165, 1.54) is 103 Å². The molecule has 0 saturated carbocycles. The highest BCUT2D eigenvalue weighted by atomic mass is 31.2. The maximum absolute atomic E-state index is 12.2. The lowest BCUT2D eigenvalue weighted by Crippen LogP contribution is -1.96. The third-order valence-corrected chi connectivity index (χ3v) is 7.75. The van der Waals surface area contributed by atoms with Gasteiger partial charge in [-0.05, 0) is 12.8 Å². The highest BCUT2D eigenvalue weighted by molar-refractivity contribution is 7.57. The number of hydrogen-bond donors (Lipinski definition) is 1. The highest BCUT2D eigenvalue weighted by Crippen LogP contribution is 2.42. The van der Waals surface area contributed by atoms with Gasteiger partial charge in [-0.25, -0.2) is 0 Å². The Morgan fingerprint density at radius 2 is 0.667 bits per heavy atom. The second kappa shape index (κ2) is 20.9. The maximum Gasteiger partial charge on any atom is 0.200 e. The van der Waals surface area contributed by atoms with Gasteiger partial charge in [0.2, 0.25) is 7.37 Å². The normalized spacial score (nSPS) is 13.7. The van der Waals surface area contributed by atoms with Crippen LogP contribution >= 0.6 is 7.37 Å². The fourth-order valence-corrected chi connectivity index (χ4v) is 5.46. The van der Waals surface area contributed by atoms with Gasteiger partial charge in [0.25, 0.3) is 0 Å². The van der Waals surface area contributed by atoms with Gasteiger partial charge < -0.3 is 4.89 Å². The molecule has 0 aromatic carbocycles. The molecular formula is C24H51O2P. The van der Waals surface area contributed by atoms with E-state index in [4.69, 9.17) is 0 Å². The van der Waals surface area contributed by atoms with E-state index >= 15 is 0 Å². The van der Waals surface area contributed by atoms with Gasteiger partial charge in [-0.15, -0.1) is 0 Å². The Bertz CT molecular complexity index is 330. The summed E-state index contributed by atoms with van der Waals surface area (Å²) in [6.07, 6.45) is 26.9. The van der Waals surface area contributed by atoms with Crippen LogP contribution in [-0.4, -0.2) is 17.2 Å². The second-order valence-electron chi connectivity index (χ2n) is 8.66. The Morgan fingerprint density at radius 1 is 0.444 bits per heavy atom. The number of unbranched alkanes of at least 4 members (excludes halogenated alkanes) is 18. The monoisotopic (exact) mass is 402 g/mol. The Balaban J connectivity index is 3.27. The minimum absolute atomic E-state index is 0.553. The van der Waals surface area contributed by atoms with Gasteiger partial charge in [-0.1, -0.05) is 129 Å². The van der Waals surface area contributed by atoms with Crippen molar-refractivity contribution in [2.75, 3.05) is 12.3 Å². The van der Waals surface area contributed by atoms with Crippen LogP contribution in [0.2, 0.25) is 0 Å². The Kier molecular flexibility index (Phi) is 21.1. The molecule has 0 saturated heterocycles. The van der Waals surface area contributed by atoms with Crippen LogP contribution in [0.5, 0.6) is 0 Å². The molecule has 0 fully saturated rings. The van der Waals surface area contributed by atoms with E-state index in [0.717, 1.165) is 25.7 Å². The molecule has 27 heavy (non-hydrogen) atoms. The standard InChI is InChI=1S/C24H51O2P/c1-3-5-7-9-11-12-13-14-15-16-17-18-20-22-24-27(25,26)23-21-19-10-8-6-4-2/h3-24H2,1-2H3,(H,25,26). The summed E-state index contributed by atoms with van der Waals surface area (Å²) in [5.74, 6) is 0. The number of rotatable bonds is 22. The molecule has 0 spiro atoms. The molecule has 3 heteroatoms. The van der Waals surface area contributed by atoms with Crippen LogP contribution in [-0.2, 0) is 4.57 Å². The van der Waals surface area contributed by atoms with E-state index in [1.54, 1.807) is 0 Å². The summed E-state index contributed by atoms with van der Waals surface area (Å²) in [6, 6.07) is 0. The molecule has 1 atom stereocenters. The fraction of sp³-hybridized carbons (Fsp3) is 1.00. The van der Waals surface area contributed by atoms with Crippen molar-refractivity contribution in [3.63, 3.8) is 0 Å². The zero-order valence-corrected chi connectivity index (χ0v) is 19.8. The van der Waals surface area contributed by atoms with Crippen molar-refractivity contribution in [3.8, 4) is 0 Å². The average Bonchev–Trinajstić information content (AvgIpc) is 2.65. The van der Waals surface area contributed by atoms with Gasteiger partial charge in [0.05, 0.1) is 0 Å². The van der Waals surface area contributed by atoms with Gasteiger partial charge in [-0.2, -0.15) is 0 Å². The molecule has 0 rings (SSSR count). The first-order valence-electron chi connectivity index (χ1n) is 12.4. The van der Waals surface area contributed by atoms with Crippen molar-refractivity contribution >= 4 is 7.37 Å². The molecule has 0 heterocycles. The zero-order chi connectivity index (χ0) is 20.1. The smallest absolute Gasteiger partial charge is 0.200 e. The predicted molar refractivity (Wildman–Crippen MR) is 123 cm³/mol. The van der Waals surface area contributed by atoms with Gasteiger partial charge >= 0.3 is 0 Å². The first-order chi connectivity index (χ1) is 13.1. The largest absolute Gasteiger partial charge is 0.344 e. The molecule has 1 N–H and O–H groups in total. The molecule has 0 amide bonds. The zero-order valence-electron chi connectivity index (χ0n) is 18.9. The lowest BCUT2D eigenvalue weighted by atomic mass is 10.0. The molecule has 0 bridgehead atoms. The molecule has 164 valence electrons. The maximum atomic E-state index is 12.2. The van der Waals surface area contributed by atoms with E-state index in [-0.39, 0.29) is 0 Å². The lowest BCUT2D eigenvalue weighted by molar-refractivity contribution is 0.469. The first kappa shape index (κ1) is 27.2. The predicted octanol–water partition coefficient (Wildman–Crippen LogP) is 9.10. The Labute approximate surface area is 171 Å². The summed E-state index contributed by atoms with van der Waals surface area (Å²) in [7, 11) is -2.83. The van der Waals surface area contributed by atoms with E-state index in [2.05, 4.69) is 13.8 Å².